The molecule has 0 amide bonds. The fourth-order valence-electron chi connectivity index (χ4n) is 2.55. The standard InChI is InChI=1S/C24H30O4SSi/c1-24(2,3)30(5,6)28-20-9-7-8-18(16-20)17-27-19-10-12-21(13-11-19)29-22-14-15-26-23(22)25-4/h7-16H,17H2,1-6H3. The summed E-state index contributed by atoms with van der Waals surface area (Å²) >= 11 is 1.59. The van der Waals surface area contributed by atoms with E-state index in [9.17, 15) is 0 Å². The molecule has 30 heavy (non-hydrogen) atoms. The SMILES string of the molecule is COc1occc1Sc1ccc(OCc2cccc(O[Si](C)(C)C(C)(C)C)c2)cc1. The molecule has 0 saturated heterocycles. The maximum absolute atomic E-state index is 6.41. The zero-order valence-corrected chi connectivity index (χ0v) is 20.3. The van der Waals surface area contributed by atoms with Crippen molar-refractivity contribution in [1.82, 2.24) is 0 Å². The third kappa shape index (κ3) is 5.64. The number of ether oxygens (including phenoxy) is 2. The van der Waals surface area contributed by atoms with Gasteiger partial charge in [-0.15, -0.1) is 0 Å². The van der Waals surface area contributed by atoms with E-state index in [1.165, 1.54) is 0 Å². The number of furan rings is 1. The molecule has 0 atom stereocenters. The largest absolute Gasteiger partial charge is 0.543 e. The topological polar surface area (TPSA) is 40.8 Å². The van der Waals surface area contributed by atoms with E-state index in [0.717, 1.165) is 26.9 Å². The van der Waals surface area contributed by atoms with Gasteiger partial charge < -0.3 is 18.3 Å². The van der Waals surface area contributed by atoms with Crippen LogP contribution in [-0.2, 0) is 6.61 Å². The van der Waals surface area contributed by atoms with E-state index in [1.807, 2.05) is 42.5 Å². The smallest absolute Gasteiger partial charge is 0.298 e. The molecule has 0 fully saturated rings. The Morgan fingerprint density at radius 2 is 1.70 bits per heavy atom. The molecule has 3 aromatic rings. The lowest BCUT2D eigenvalue weighted by atomic mass is 10.2. The first kappa shape index (κ1) is 22.4. The Morgan fingerprint density at radius 3 is 2.37 bits per heavy atom. The average molecular weight is 443 g/mol. The Labute approximate surface area is 184 Å². The van der Waals surface area contributed by atoms with Crippen molar-refractivity contribution in [1.29, 1.82) is 0 Å². The van der Waals surface area contributed by atoms with Gasteiger partial charge in [-0.3, -0.25) is 0 Å². The number of methoxy groups -OCH3 is 1. The summed E-state index contributed by atoms with van der Waals surface area (Å²) in [7, 11) is -0.251. The van der Waals surface area contributed by atoms with Gasteiger partial charge in [-0.2, -0.15) is 0 Å². The van der Waals surface area contributed by atoms with Crippen molar-refractivity contribution in [3.8, 4) is 17.4 Å². The van der Waals surface area contributed by atoms with Crippen LogP contribution in [0.2, 0.25) is 18.1 Å². The maximum Gasteiger partial charge on any atom is 0.298 e. The van der Waals surface area contributed by atoms with E-state index in [-0.39, 0.29) is 5.04 Å². The van der Waals surface area contributed by atoms with Crippen molar-refractivity contribution in [3.05, 3.63) is 66.4 Å². The minimum absolute atomic E-state index is 0.166. The van der Waals surface area contributed by atoms with Crippen LogP contribution in [0.25, 0.3) is 0 Å². The molecule has 6 heteroatoms. The van der Waals surface area contributed by atoms with Crippen LogP contribution in [0.15, 0.2) is 75.1 Å². The van der Waals surface area contributed by atoms with Crippen LogP contribution in [0.4, 0.5) is 0 Å². The van der Waals surface area contributed by atoms with Crippen LogP contribution < -0.4 is 13.9 Å². The first-order valence-corrected chi connectivity index (χ1v) is 13.7. The van der Waals surface area contributed by atoms with Crippen molar-refractivity contribution < 1.29 is 18.3 Å². The third-order valence-corrected chi connectivity index (χ3v) is 10.7. The lowest BCUT2D eigenvalue weighted by Gasteiger charge is -2.36. The Hall–Kier alpha value is -2.31. The molecule has 0 bridgehead atoms. The van der Waals surface area contributed by atoms with Crippen molar-refractivity contribution in [2.24, 2.45) is 0 Å². The predicted octanol–water partition coefficient (Wildman–Crippen LogP) is 7.40. The van der Waals surface area contributed by atoms with E-state index in [1.54, 1.807) is 25.1 Å². The summed E-state index contributed by atoms with van der Waals surface area (Å²) in [4.78, 5) is 2.04. The molecule has 3 rings (SSSR count). The highest BCUT2D eigenvalue weighted by atomic mass is 32.2. The number of rotatable bonds is 8. The van der Waals surface area contributed by atoms with Crippen molar-refractivity contribution in [3.63, 3.8) is 0 Å². The van der Waals surface area contributed by atoms with Crippen molar-refractivity contribution in [2.45, 2.75) is 55.3 Å². The summed E-state index contributed by atoms with van der Waals surface area (Å²) in [6.07, 6.45) is 1.63. The molecule has 0 aliphatic carbocycles. The molecule has 0 aliphatic heterocycles. The molecule has 2 aromatic carbocycles. The molecule has 0 saturated carbocycles. The fourth-order valence-corrected chi connectivity index (χ4v) is 4.44. The van der Waals surface area contributed by atoms with Gasteiger partial charge in [0, 0.05) is 4.90 Å². The van der Waals surface area contributed by atoms with Gasteiger partial charge in [-0.25, -0.2) is 0 Å². The average Bonchev–Trinajstić information content (AvgIpc) is 3.14. The molecular formula is C24H30O4SSi. The van der Waals surface area contributed by atoms with E-state index >= 15 is 0 Å². The Bertz CT molecular complexity index is 958. The summed E-state index contributed by atoms with van der Waals surface area (Å²) in [6.45, 7) is 11.8. The van der Waals surface area contributed by atoms with Crippen LogP contribution in [0, 0.1) is 0 Å². The van der Waals surface area contributed by atoms with Gasteiger partial charge in [0.2, 0.25) is 8.32 Å². The molecule has 0 N–H and O–H groups in total. The summed E-state index contributed by atoms with van der Waals surface area (Å²) in [5.41, 5.74) is 1.09. The predicted molar refractivity (Wildman–Crippen MR) is 124 cm³/mol. The van der Waals surface area contributed by atoms with Gasteiger partial charge in [-0.05, 0) is 66.2 Å². The highest BCUT2D eigenvalue weighted by Crippen LogP contribution is 2.38. The van der Waals surface area contributed by atoms with Gasteiger partial charge in [0.1, 0.15) is 18.1 Å². The van der Waals surface area contributed by atoms with E-state index < -0.39 is 8.32 Å². The molecule has 4 nitrogen and oxygen atoms in total. The van der Waals surface area contributed by atoms with E-state index in [0.29, 0.717) is 12.6 Å². The number of hydrogen-bond donors (Lipinski definition) is 0. The highest BCUT2D eigenvalue weighted by molar-refractivity contribution is 7.99. The first-order valence-electron chi connectivity index (χ1n) is 9.98. The van der Waals surface area contributed by atoms with Gasteiger partial charge in [0.25, 0.3) is 5.95 Å². The molecule has 0 aliphatic rings. The molecule has 1 heterocycles. The molecule has 0 spiro atoms. The zero-order chi connectivity index (χ0) is 21.8. The van der Waals surface area contributed by atoms with E-state index in [2.05, 4.69) is 46.0 Å². The van der Waals surface area contributed by atoms with Crippen molar-refractivity contribution in [2.75, 3.05) is 7.11 Å². The van der Waals surface area contributed by atoms with Gasteiger partial charge in [-0.1, -0.05) is 44.7 Å². The Kier molecular flexibility index (Phi) is 6.88. The van der Waals surface area contributed by atoms with Crippen LogP contribution in [0.5, 0.6) is 17.4 Å². The minimum atomic E-state index is -1.85. The lowest BCUT2D eigenvalue weighted by Crippen LogP contribution is -2.43. The van der Waals surface area contributed by atoms with Crippen LogP contribution >= 0.6 is 11.8 Å². The molecule has 0 unspecified atom stereocenters. The highest BCUT2D eigenvalue weighted by Gasteiger charge is 2.38. The summed E-state index contributed by atoms with van der Waals surface area (Å²) in [5.74, 6) is 2.28. The number of benzene rings is 2. The van der Waals surface area contributed by atoms with Crippen LogP contribution in [0.3, 0.4) is 0 Å². The fraction of sp³-hybridized carbons (Fsp3) is 0.333. The second kappa shape index (κ2) is 9.23. The summed E-state index contributed by atoms with van der Waals surface area (Å²) in [6, 6.07) is 18.1. The van der Waals surface area contributed by atoms with Gasteiger partial charge >= 0.3 is 0 Å². The third-order valence-electron chi connectivity index (χ3n) is 5.32. The zero-order valence-electron chi connectivity index (χ0n) is 18.5. The summed E-state index contributed by atoms with van der Waals surface area (Å²) in [5, 5.41) is 0.166. The number of hydrogen-bond acceptors (Lipinski definition) is 5. The van der Waals surface area contributed by atoms with Crippen LogP contribution in [-0.4, -0.2) is 15.4 Å². The quantitative estimate of drug-likeness (QED) is 0.340. The Morgan fingerprint density at radius 1 is 0.967 bits per heavy atom. The monoisotopic (exact) mass is 442 g/mol. The van der Waals surface area contributed by atoms with Crippen molar-refractivity contribution >= 4 is 20.1 Å². The second-order valence-corrected chi connectivity index (χ2v) is 14.5. The molecule has 1 aromatic heterocycles. The normalized spacial score (nSPS) is 11.9. The molecule has 160 valence electrons. The lowest BCUT2D eigenvalue weighted by molar-refractivity contribution is 0.296. The van der Waals surface area contributed by atoms with E-state index in [4.69, 9.17) is 18.3 Å². The van der Waals surface area contributed by atoms with Gasteiger partial charge in [0.15, 0.2) is 0 Å². The maximum atomic E-state index is 6.41. The minimum Gasteiger partial charge on any atom is -0.543 e. The molecule has 0 radical (unpaired) electrons. The first-order chi connectivity index (χ1) is 14.2. The second-order valence-electron chi connectivity index (χ2n) is 8.65. The van der Waals surface area contributed by atoms with Crippen LogP contribution in [0.1, 0.15) is 26.3 Å². The summed E-state index contributed by atoms with van der Waals surface area (Å²) < 4.78 is 22.9. The Balaban J connectivity index is 1.59. The van der Waals surface area contributed by atoms with Gasteiger partial charge in [0.05, 0.1) is 18.3 Å². The molecular weight excluding hydrogens is 412 g/mol.